The topological polar surface area (TPSA) is 67.6 Å². The second-order valence-electron chi connectivity index (χ2n) is 6.79. The molecule has 0 aliphatic carbocycles. The standard InChI is InChI=1S/C20H25N3O2/c1-12-5-6-13(2)17(9-12)22-20(24)15(4)23-11-14(3)25-19-8-7-16(21)10-18(19)23/h5-10,14-15H,11,21H2,1-4H3,(H,22,24). The van der Waals surface area contributed by atoms with Crippen molar-refractivity contribution in [3.8, 4) is 5.75 Å². The minimum Gasteiger partial charge on any atom is -0.487 e. The minimum atomic E-state index is -0.341. The molecule has 0 bridgehead atoms. The SMILES string of the molecule is Cc1ccc(C)c(NC(=O)C(C)N2CC(C)Oc3ccc(N)cc32)c1. The molecule has 0 fully saturated rings. The molecule has 0 saturated carbocycles. The Kier molecular flexibility index (Phi) is 4.57. The molecule has 2 unspecified atom stereocenters. The Morgan fingerprint density at radius 3 is 2.80 bits per heavy atom. The molecular formula is C20H25N3O2. The number of nitrogens with two attached hydrogens (primary N) is 1. The van der Waals surface area contributed by atoms with Crippen LogP contribution in [0.3, 0.4) is 0 Å². The van der Waals surface area contributed by atoms with Crippen LogP contribution in [0.25, 0.3) is 0 Å². The summed E-state index contributed by atoms with van der Waals surface area (Å²) >= 11 is 0. The quantitative estimate of drug-likeness (QED) is 0.840. The van der Waals surface area contributed by atoms with Crippen molar-refractivity contribution < 1.29 is 9.53 Å². The van der Waals surface area contributed by atoms with E-state index in [-0.39, 0.29) is 18.1 Å². The normalized spacial score (nSPS) is 17.4. The van der Waals surface area contributed by atoms with Gasteiger partial charge in [0.2, 0.25) is 5.91 Å². The van der Waals surface area contributed by atoms with E-state index in [9.17, 15) is 4.79 Å². The number of rotatable bonds is 3. The van der Waals surface area contributed by atoms with Gasteiger partial charge in [0.25, 0.3) is 0 Å². The molecule has 25 heavy (non-hydrogen) atoms. The van der Waals surface area contributed by atoms with E-state index >= 15 is 0 Å². The summed E-state index contributed by atoms with van der Waals surface area (Å²) in [6.07, 6.45) is 0.00656. The Balaban J connectivity index is 1.85. The monoisotopic (exact) mass is 339 g/mol. The summed E-state index contributed by atoms with van der Waals surface area (Å²) in [5.41, 5.74) is 10.5. The van der Waals surface area contributed by atoms with E-state index < -0.39 is 0 Å². The molecule has 0 aromatic heterocycles. The van der Waals surface area contributed by atoms with Crippen LogP contribution in [0.2, 0.25) is 0 Å². The second-order valence-corrected chi connectivity index (χ2v) is 6.79. The van der Waals surface area contributed by atoms with Crippen molar-refractivity contribution in [2.24, 2.45) is 0 Å². The summed E-state index contributed by atoms with van der Waals surface area (Å²) in [6.45, 7) is 8.55. The lowest BCUT2D eigenvalue weighted by Gasteiger charge is -2.38. The predicted molar refractivity (Wildman–Crippen MR) is 102 cm³/mol. The van der Waals surface area contributed by atoms with Gasteiger partial charge in [0.1, 0.15) is 17.9 Å². The Morgan fingerprint density at radius 2 is 2.04 bits per heavy atom. The highest BCUT2D eigenvalue weighted by Gasteiger charge is 2.30. The van der Waals surface area contributed by atoms with Gasteiger partial charge in [0.05, 0.1) is 12.2 Å². The third-order valence-corrected chi connectivity index (χ3v) is 4.57. The van der Waals surface area contributed by atoms with Crippen LogP contribution in [0.1, 0.15) is 25.0 Å². The molecule has 1 heterocycles. The number of carbonyl (C=O) groups is 1. The highest BCUT2D eigenvalue weighted by Crippen LogP contribution is 2.36. The first-order valence-electron chi connectivity index (χ1n) is 8.56. The highest BCUT2D eigenvalue weighted by molar-refractivity contribution is 5.97. The molecule has 1 amide bonds. The maximum Gasteiger partial charge on any atom is 0.246 e. The van der Waals surface area contributed by atoms with Crippen LogP contribution in [0.15, 0.2) is 36.4 Å². The number of amides is 1. The van der Waals surface area contributed by atoms with Gasteiger partial charge in [0.15, 0.2) is 0 Å². The van der Waals surface area contributed by atoms with Crippen molar-refractivity contribution in [1.29, 1.82) is 0 Å². The van der Waals surface area contributed by atoms with Gasteiger partial charge in [-0.3, -0.25) is 4.79 Å². The Bertz CT molecular complexity index is 804. The zero-order valence-corrected chi connectivity index (χ0v) is 15.2. The molecule has 132 valence electrons. The van der Waals surface area contributed by atoms with Crippen LogP contribution >= 0.6 is 0 Å². The molecular weight excluding hydrogens is 314 g/mol. The number of anilines is 3. The molecule has 2 aromatic rings. The van der Waals surface area contributed by atoms with Crippen molar-refractivity contribution in [3.05, 3.63) is 47.5 Å². The number of nitrogen functional groups attached to an aromatic ring is 1. The van der Waals surface area contributed by atoms with Crippen molar-refractivity contribution in [2.75, 3.05) is 22.5 Å². The fraction of sp³-hybridized carbons (Fsp3) is 0.350. The van der Waals surface area contributed by atoms with E-state index in [4.69, 9.17) is 10.5 Å². The number of hydrogen-bond acceptors (Lipinski definition) is 4. The average Bonchev–Trinajstić information content (AvgIpc) is 2.57. The van der Waals surface area contributed by atoms with Crippen LogP contribution in [0.5, 0.6) is 5.75 Å². The van der Waals surface area contributed by atoms with Gasteiger partial charge in [-0.15, -0.1) is 0 Å². The molecule has 2 aromatic carbocycles. The lowest BCUT2D eigenvalue weighted by molar-refractivity contribution is -0.117. The molecule has 5 heteroatoms. The van der Waals surface area contributed by atoms with Crippen molar-refractivity contribution in [3.63, 3.8) is 0 Å². The second kappa shape index (κ2) is 6.67. The van der Waals surface area contributed by atoms with E-state index in [1.54, 1.807) is 0 Å². The van der Waals surface area contributed by atoms with Crippen molar-refractivity contribution in [2.45, 2.75) is 39.8 Å². The smallest absolute Gasteiger partial charge is 0.246 e. The maximum atomic E-state index is 12.9. The van der Waals surface area contributed by atoms with Crippen LogP contribution in [-0.2, 0) is 4.79 Å². The number of nitrogens with one attached hydrogen (secondary N) is 1. The largest absolute Gasteiger partial charge is 0.487 e. The summed E-state index contributed by atoms with van der Waals surface area (Å²) in [4.78, 5) is 14.9. The lowest BCUT2D eigenvalue weighted by atomic mass is 10.1. The van der Waals surface area contributed by atoms with Crippen molar-refractivity contribution >= 4 is 23.0 Å². The van der Waals surface area contributed by atoms with Crippen LogP contribution in [0, 0.1) is 13.8 Å². The third-order valence-electron chi connectivity index (χ3n) is 4.57. The molecule has 1 aliphatic heterocycles. The average molecular weight is 339 g/mol. The van der Waals surface area contributed by atoms with E-state index in [0.29, 0.717) is 12.2 Å². The van der Waals surface area contributed by atoms with Gasteiger partial charge in [-0.05, 0) is 63.1 Å². The van der Waals surface area contributed by atoms with E-state index in [0.717, 1.165) is 28.3 Å². The molecule has 1 aliphatic rings. The van der Waals surface area contributed by atoms with Gasteiger partial charge < -0.3 is 20.7 Å². The van der Waals surface area contributed by atoms with E-state index in [1.165, 1.54) is 0 Å². The van der Waals surface area contributed by atoms with Gasteiger partial charge in [-0.1, -0.05) is 12.1 Å². The summed E-state index contributed by atoms with van der Waals surface area (Å²) in [5, 5.41) is 3.06. The first kappa shape index (κ1) is 17.1. The molecule has 3 rings (SSSR count). The zero-order chi connectivity index (χ0) is 18.1. The number of hydrogen-bond donors (Lipinski definition) is 2. The predicted octanol–water partition coefficient (Wildman–Crippen LogP) is 3.50. The fourth-order valence-corrected chi connectivity index (χ4v) is 3.10. The zero-order valence-electron chi connectivity index (χ0n) is 15.2. The molecule has 0 spiro atoms. The fourth-order valence-electron chi connectivity index (χ4n) is 3.10. The number of benzene rings is 2. The van der Waals surface area contributed by atoms with Gasteiger partial charge >= 0.3 is 0 Å². The van der Waals surface area contributed by atoms with Crippen molar-refractivity contribution in [1.82, 2.24) is 0 Å². The van der Waals surface area contributed by atoms with E-state index in [2.05, 4.69) is 10.2 Å². The lowest BCUT2D eigenvalue weighted by Crippen LogP contribution is -2.48. The Morgan fingerprint density at radius 1 is 1.28 bits per heavy atom. The summed E-state index contributed by atoms with van der Waals surface area (Å²) < 4.78 is 5.87. The summed E-state index contributed by atoms with van der Waals surface area (Å²) in [6, 6.07) is 11.3. The number of ether oxygens (including phenoxy) is 1. The van der Waals surface area contributed by atoms with Crippen LogP contribution in [0.4, 0.5) is 17.1 Å². The van der Waals surface area contributed by atoms with Gasteiger partial charge in [0, 0.05) is 11.4 Å². The number of fused-ring (bicyclic) bond motifs is 1. The highest BCUT2D eigenvalue weighted by atomic mass is 16.5. The Labute approximate surface area is 148 Å². The Hall–Kier alpha value is -2.69. The number of nitrogens with zero attached hydrogens (tertiary/aromatic N) is 1. The van der Waals surface area contributed by atoms with Crippen LogP contribution in [-0.4, -0.2) is 24.6 Å². The molecule has 3 N–H and O–H groups in total. The summed E-state index contributed by atoms with van der Waals surface area (Å²) in [5.74, 6) is 0.718. The maximum absolute atomic E-state index is 12.9. The first-order chi connectivity index (χ1) is 11.8. The first-order valence-corrected chi connectivity index (χ1v) is 8.56. The van der Waals surface area contributed by atoms with Gasteiger partial charge in [-0.25, -0.2) is 0 Å². The summed E-state index contributed by atoms with van der Waals surface area (Å²) in [7, 11) is 0. The molecule has 0 saturated heterocycles. The van der Waals surface area contributed by atoms with Gasteiger partial charge in [-0.2, -0.15) is 0 Å². The minimum absolute atomic E-state index is 0.00656. The number of aryl methyl sites for hydroxylation is 2. The third kappa shape index (κ3) is 3.55. The molecule has 2 atom stereocenters. The molecule has 0 radical (unpaired) electrons. The van der Waals surface area contributed by atoms with Crippen LogP contribution < -0.4 is 20.7 Å². The molecule has 5 nitrogen and oxygen atoms in total. The number of carbonyl (C=O) groups excluding carboxylic acids is 1. The van der Waals surface area contributed by atoms with E-state index in [1.807, 2.05) is 64.1 Å².